The molecule has 3 aromatic rings. The zero-order chi connectivity index (χ0) is 24.2. The SMILES string of the molecule is CCNC(=O)C(Cc1ccccc1)N(Cc1ccc(Br)cc1)C(=O)CCSCc1ccccc1. The van der Waals surface area contributed by atoms with Crippen LogP contribution in [0, 0.1) is 0 Å². The molecule has 3 rings (SSSR count). The van der Waals surface area contributed by atoms with Gasteiger partial charge in [-0.3, -0.25) is 9.59 Å². The molecule has 1 unspecified atom stereocenters. The molecule has 4 nitrogen and oxygen atoms in total. The molecule has 0 aliphatic rings. The molecule has 1 atom stereocenters. The fourth-order valence-corrected chi connectivity index (χ4v) is 4.86. The van der Waals surface area contributed by atoms with E-state index in [-0.39, 0.29) is 11.8 Å². The third-order valence-electron chi connectivity index (χ3n) is 5.46. The molecule has 0 saturated heterocycles. The maximum atomic E-state index is 13.5. The lowest BCUT2D eigenvalue weighted by Gasteiger charge is -2.31. The Hall–Kier alpha value is -2.57. The minimum Gasteiger partial charge on any atom is -0.355 e. The summed E-state index contributed by atoms with van der Waals surface area (Å²) in [6, 6.07) is 27.5. The standard InChI is InChI=1S/C28H31BrN2O2S/c1-2-30-28(33)26(19-22-9-5-3-6-10-22)31(20-23-13-15-25(29)16-14-23)27(32)17-18-34-21-24-11-7-4-8-12-24/h3-16,26H,2,17-21H2,1H3,(H,30,33). The van der Waals surface area contributed by atoms with Crippen LogP contribution in [0.2, 0.25) is 0 Å². The molecule has 0 fully saturated rings. The van der Waals surface area contributed by atoms with E-state index < -0.39 is 6.04 Å². The van der Waals surface area contributed by atoms with Crippen LogP contribution >= 0.6 is 27.7 Å². The van der Waals surface area contributed by atoms with Crippen LogP contribution in [0.3, 0.4) is 0 Å². The van der Waals surface area contributed by atoms with E-state index in [0.29, 0.717) is 31.7 Å². The van der Waals surface area contributed by atoms with Crippen molar-refractivity contribution in [3.63, 3.8) is 0 Å². The van der Waals surface area contributed by atoms with Crippen molar-refractivity contribution < 1.29 is 9.59 Å². The maximum absolute atomic E-state index is 13.5. The Bertz CT molecular complexity index is 1030. The summed E-state index contributed by atoms with van der Waals surface area (Å²) in [5.74, 6) is 1.45. The Morgan fingerprint density at radius 3 is 2.12 bits per heavy atom. The number of nitrogens with zero attached hydrogens (tertiary/aromatic N) is 1. The molecule has 2 amide bonds. The molecule has 0 bridgehead atoms. The maximum Gasteiger partial charge on any atom is 0.243 e. The number of thioether (sulfide) groups is 1. The van der Waals surface area contributed by atoms with Gasteiger partial charge in [-0.25, -0.2) is 0 Å². The first kappa shape index (κ1) is 26.0. The topological polar surface area (TPSA) is 49.4 Å². The smallest absolute Gasteiger partial charge is 0.243 e. The zero-order valence-corrected chi connectivity index (χ0v) is 21.9. The first-order chi connectivity index (χ1) is 16.6. The average molecular weight is 540 g/mol. The third kappa shape index (κ3) is 8.33. The second-order valence-corrected chi connectivity index (χ2v) is 10.1. The van der Waals surface area contributed by atoms with Gasteiger partial charge in [0.15, 0.2) is 0 Å². The summed E-state index contributed by atoms with van der Waals surface area (Å²) in [6.07, 6.45) is 0.866. The van der Waals surface area contributed by atoms with Crippen molar-refractivity contribution in [2.75, 3.05) is 12.3 Å². The van der Waals surface area contributed by atoms with Crippen LogP contribution in [0.4, 0.5) is 0 Å². The van der Waals surface area contributed by atoms with Gasteiger partial charge in [0.25, 0.3) is 0 Å². The van der Waals surface area contributed by atoms with Crippen molar-refractivity contribution in [3.8, 4) is 0 Å². The molecule has 3 aromatic carbocycles. The summed E-state index contributed by atoms with van der Waals surface area (Å²) in [7, 11) is 0. The highest BCUT2D eigenvalue weighted by Gasteiger charge is 2.29. The number of amides is 2. The van der Waals surface area contributed by atoms with Crippen LogP contribution in [0.1, 0.15) is 30.0 Å². The van der Waals surface area contributed by atoms with Gasteiger partial charge in [0.1, 0.15) is 6.04 Å². The van der Waals surface area contributed by atoms with Crippen molar-refractivity contribution in [1.29, 1.82) is 0 Å². The van der Waals surface area contributed by atoms with E-state index >= 15 is 0 Å². The second kappa shape index (κ2) is 14.0. The molecular formula is C28H31BrN2O2S. The summed E-state index contributed by atoms with van der Waals surface area (Å²) in [5.41, 5.74) is 3.28. The number of carbonyl (C=O) groups is 2. The van der Waals surface area contributed by atoms with E-state index in [9.17, 15) is 9.59 Å². The molecule has 0 spiro atoms. The van der Waals surface area contributed by atoms with Gasteiger partial charge < -0.3 is 10.2 Å². The largest absolute Gasteiger partial charge is 0.355 e. The number of hydrogen-bond donors (Lipinski definition) is 1. The lowest BCUT2D eigenvalue weighted by atomic mass is 10.0. The highest BCUT2D eigenvalue weighted by molar-refractivity contribution is 9.10. The predicted octanol–water partition coefficient (Wildman–Crippen LogP) is 5.85. The number of likely N-dealkylation sites (N-methyl/N-ethyl adjacent to an activating group) is 1. The minimum atomic E-state index is -0.572. The molecule has 34 heavy (non-hydrogen) atoms. The molecule has 6 heteroatoms. The minimum absolute atomic E-state index is 0.00401. The van der Waals surface area contributed by atoms with Gasteiger partial charge in [0.2, 0.25) is 11.8 Å². The lowest BCUT2D eigenvalue weighted by molar-refractivity contribution is -0.140. The highest BCUT2D eigenvalue weighted by Crippen LogP contribution is 2.19. The lowest BCUT2D eigenvalue weighted by Crippen LogP contribution is -2.50. The van der Waals surface area contributed by atoms with Gasteiger partial charge in [-0.15, -0.1) is 0 Å². The van der Waals surface area contributed by atoms with Crippen LogP contribution in [0.5, 0.6) is 0 Å². The first-order valence-electron chi connectivity index (χ1n) is 11.5. The van der Waals surface area contributed by atoms with Gasteiger partial charge in [-0.2, -0.15) is 11.8 Å². The Morgan fingerprint density at radius 1 is 0.882 bits per heavy atom. The molecule has 0 aliphatic carbocycles. The molecule has 1 N–H and O–H groups in total. The van der Waals surface area contributed by atoms with Crippen molar-refractivity contribution in [2.45, 2.75) is 38.1 Å². The molecule has 0 radical (unpaired) electrons. The van der Waals surface area contributed by atoms with E-state index in [1.807, 2.05) is 79.7 Å². The number of halogens is 1. The summed E-state index contributed by atoms with van der Waals surface area (Å²) in [4.78, 5) is 28.4. The molecule has 0 aliphatic heterocycles. The third-order valence-corrected chi connectivity index (χ3v) is 7.02. The Kier molecular flexibility index (Phi) is 10.7. The van der Waals surface area contributed by atoms with Gasteiger partial charge in [-0.1, -0.05) is 88.7 Å². The average Bonchev–Trinajstić information content (AvgIpc) is 2.86. The van der Waals surface area contributed by atoms with Crippen LogP contribution in [-0.4, -0.2) is 35.1 Å². The van der Waals surface area contributed by atoms with E-state index in [4.69, 9.17) is 0 Å². The number of carbonyl (C=O) groups excluding carboxylic acids is 2. The second-order valence-electron chi connectivity index (χ2n) is 8.04. The molecule has 0 saturated carbocycles. The Balaban J connectivity index is 1.76. The zero-order valence-electron chi connectivity index (χ0n) is 19.5. The van der Waals surface area contributed by atoms with Gasteiger partial charge >= 0.3 is 0 Å². The van der Waals surface area contributed by atoms with Crippen LogP contribution in [0.25, 0.3) is 0 Å². The van der Waals surface area contributed by atoms with Crippen molar-refractivity contribution in [1.82, 2.24) is 10.2 Å². The van der Waals surface area contributed by atoms with Crippen LogP contribution < -0.4 is 5.32 Å². The number of nitrogens with one attached hydrogen (secondary N) is 1. The summed E-state index contributed by atoms with van der Waals surface area (Å²) in [5, 5.41) is 2.94. The predicted molar refractivity (Wildman–Crippen MR) is 145 cm³/mol. The fraction of sp³-hybridized carbons (Fsp3) is 0.286. The number of hydrogen-bond acceptors (Lipinski definition) is 3. The quantitative estimate of drug-likeness (QED) is 0.294. The van der Waals surface area contributed by atoms with E-state index in [0.717, 1.165) is 21.4 Å². The fourth-order valence-electron chi connectivity index (χ4n) is 3.70. The van der Waals surface area contributed by atoms with Crippen molar-refractivity contribution >= 4 is 39.5 Å². The normalized spacial score (nSPS) is 11.6. The monoisotopic (exact) mass is 538 g/mol. The van der Waals surface area contributed by atoms with E-state index in [1.165, 1.54) is 5.56 Å². The molecule has 0 heterocycles. The van der Waals surface area contributed by atoms with Crippen LogP contribution in [-0.2, 0) is 28.3 Å². The van der Waals surface area contributed by atoms with Gasteiger partial charge in [-0.05, 0) is 35.7 Å². The van der Waals surface area contributed by atoms with Crippen molar-refractivity contribution in [3.05, 3.63) is 106 Å². The molecule has 178 valence electrons. The summed E-state index contributed by atoms with van der Waals surface area (Å²) >= 11 is 5.21. The van der Waals surface area contributed by atoms with E-state index in [1.54, 1.807) is 16.7 Å². The first-order valence-corrected chi connectivity index (χ1v) is 13.5. The van der Waals surface area contributed by atoms with Gasteiger partial charge in [0.05, 0.1) is 0 Å². The van der Waals surface area contributed by atoms with Crippen molar-refractivity contribution in [2.24, 2.45) is 0 Å². The van der Waals surface area contributed by atoms with Gasteiger partial charge in [0, 0.05) is 41.9 Å². The number of benzene rings is 3. The highest BCUT2D eigenvalue weighted by atomic mass is 79.9. The Morgan fingerprint density at radius 2 is 1.50 bits per heavy atom. The van der Waals surface area contributed by atoms with Crippen LogP contribution in [0.15, 0.2) is 89.4 Å². The number of rotatable bonds is 12. The summed E-state index contributed by atoms with van der Waals surface area (Å²) in [6.45, 7) is 2.82. The molecule has 0 aromatic heterocycles. The Labute approximate surface area is 215 Å². The molecular weight excluding hydrogens is 508 g/mol. The summed E-state index contributed by atoms with van der Waals surface area (Å²) < 4.78 is 0.982. The van der Waals surface area contributed by atoms with E-state index in [2.05, 4.69) is 33.4 Å².